The molecule has 8 heteroatoms. The van der Waals surface area contributed by atoms with Crippen molar-refractivity contribution in [2.24, 2.45) is 0 Å². The highest BCUT2D eigenvalue weighted by molar-refractivity contribution is 7.89. The van der Waals surface area contributed by atoms with Crippen LogP contribution in [0.2, 0.25) is 5.02 Å². The van der Waals surface area contributed by atoms with Gasteiger partial charge in [0.25, 0.3) is 5.91 Å². The van der Waals surface area contributed by atoms with Gasteiger partial charge in [-0.1, -0.05) is 29.8 Å². The highest BCUT2D eigenvalue weighted by Gasteiger charge is 2.32. The average Bonchev–Trinajstić information content (AvgIpc) is 2.66. The Kier molecular flexibility index (Phi) is 6.40. The molecular weight excluding hydrogens is 400 g/mol. The number of nitrogens with zero attached hydrogens (tertiary/aromatic N) is 1. The van der Waals surface area contributed by atoms with Crippen LogP contribution in [-0.2, 0) is 21.3 Å². The molecule has 2 aromatic carbocycles. The van der Waals surface area contributed by atoms with Crippen molar-refractivity contribution in [3.63, 3.8) is 0 Å². The molecular formula is C20H23ClN2O4S. The van der Waals surface area contributed by atoms with E-state index in [4.69, 9.17) is 16.3 Å². The summed E-state index contributed by atoms with van der Waals surface area (Å²) in [6.07, 6.45) is -0.318. The first-order chi connectivity index (χ1) is 13.3. The monoisotopic (exact) mass is 422 g/mol. The molecule has 1 saturated heterocycles. The van der Waals surface area contributed by atoms with Gasteiger partial charge in [-0.25, -0.2) is 8.42 Å². The van der Waals surface area contributed by atoms with Crippen LogP contribution in [0.15, 0.2) is 53.4 Å². The number of carbonyl (C=O) groups is 1. The second-order valence-electron chi connectivity index (χ2n) is 6.88. The molecule has 0 saturated carbocycles. The zero-order valence-corrected chi connectivity index (χ0v) is 17.3. The summed E-state index contributed by atoms with van der Waals surface area (Å²) in [7, 11) is -3.63. The molecule has 6 nitrogen and oxygen atoms in total. The number of nitrogens with one attached hydrogen (secondary N) is 1. The Morgan fingerprint density at radius 2 is 1.71 bits per heavy atom. The summed E-state index contributed by atoms with van der Waals surface area (Å²) in [5.74, 6) is -0.294. The molecule has 0 radical (unpaired) electrons. The van der Waals surface area contributed by atoms with Crippen molar-refractivity contribution in [1.29, 1.82) is 0 Å². The van der Waals surface area contributed by atoms with Crippen molar-refractivity contribution in [1.82, 2.24) is 9.62 Å². The molecule has 1 aliphatic heterocycles. The topological polar surface area (TPSA) is 75.7 Å². The Labute approximate surface area is 170 Å². The smallest absolute Gasteiger partial charge is 0.251 e. The first-order valence-electron chi connectivity index (χ1n) is 9.04. The summed E-state index contributed by atoms with van der Waals surface area (Å²) >= 11 is 6.09. The highest BCUT2D eigenvalue weighted by Crippen LogP contribution is 2.21. The minimum atomic E-state index is -3.63. The summed E-state index contributed by atoms with van der Waals surface area (Å²) < 4.78 is 32.8. The van der Waals surface area contributed by atoms with Gasteiger partial charge in [0.1, 0.15) is 0 Å². The van der Waals surface area contributed by atoms with Crippen LogP contribution < -0.4 is 5.32 Å². The number of morpholine rings is 1. The molecule has 28 heavy (non-hydrogen) atoms. The van der Waals surface area contributed by atoms with Crippen molar-refractivity contribution >= 4 is 27.5 Å². The lowest BCUT2D eigenvalue weighted by Gasteiger charge is -2.34. The second kappa shape index (κ2) is 8.61. The maximum absolute atomic E-state index is 12.9. The molecule has 0 bridgehead atoms. The highest BCUT2D eigenvalue weighted by atomic mass is 35.5. The molecule has 2 unspecified atom stereocenters. The minimum absolute atomic E-state index is 0.159. The van der Waals surface area contributed by atoms with Crippen molar-refractivity contribution in [3.8, 4) is 0 Å². The van der Waals surface area contributed by atoms with Gasteiger partial charge in [0, 0.05) is 30.2 Å². The van der Waals surface area contributed by atoms with Crippen molar-refractivity contribution in [2.45, 2.75) is 37.5 Å². The van der Waals surface area contributed by atoms with Gasteiger partial charge < -0.3 is 10.1 Å². The van der Waals surface area contributed by atoms with E-state index in [1.807, 2.05) is 32.0 Å². The van der Waals surface area contributed by atoms with Gasteiger partial charge in [-0.05, 0) is 49.7 Å². The molecule has 2 atom stereocenters. The predicted molar refractivity (Wildman–Crippen MR) is 108 cm³/mol. The molecule has 3 rings (SSSR count). The number of sulfonamides is 1. The van der Waals surface area contributed by atoms with Gasteiger partial charge in [-0.2, -0.15) is 4.31 Å². The van der Waals surface area contributed by atoms with E-state index in [0.29, 0.717) is 30.2 Å². The van der Waals surface area contributed by atoms with Crippen LogP contribution >= 0.6 is 11.6 Å². The second-order valence-corrected chi connectivity index (χ2v) is 9.22. The molecule has 0 aliphatic carbocycles. The van der Waals surface area contributed by atoms with Gasteiger partial charge in [-0.3, -0.25) is 4.79 Å². The molecule has 0 aromatic heterocycles. The summed E-state index contributed by atoms with van der Waals surface area (Å²) in [5.41, 5.74) is 1.20. The van der Waals surface area contributed by atoms with Crippen LogP contribution in [0.25, 0.3) is 0 Å². The number of hydrogen-bond acceptors (Lipinski definition) is 4. The molecule has 0 spiro atoms. The minimum Gasteiger partial charge on any atom is -0.373 e. The first-order valence-corrected chi connectivity index (χ1v) is 10.9. The van der Waals surface area contributed by atoms with Crippen LogP contribution in [0.4, 0.5) is 0 Å². The lowest BCUT2D eigenvalue weighted by atomic mass is 10.2. The van der Waals surface area contributed by atoms with E-state index in [0.717, 1.165) is 5.56 Å². The number of ether oxygens (including phenoxy) is 1. The Bertz CT molecular complexity index is 937. The molecule has 1 amide bonds. The number of benzene rings is 2. The largest absolute Gasteiger partial charge is 0.373 e. The lowest BCUT2D eigenvalue weighted by molar-refractivity contribution is -0.0440. The molecule has 1 aliphatic rings. The standard InChI is InChI=1S/C20H23ClN2O4S/c1-14-12-23(13-15(2)27-14)28(25,26)18-9-7-16(8-10-18)20(24)22-11-17-5-3-4-6-19(17)21/h3-10,14-15H,11-13H2,1-2H3,(H,22,24). The summed E-state index contributed by atoms with van der Waals surface area (Å²) in [5, 5.41) is 3.37. The average molecular weight is 423 g/mol. The van der Waals surface area contributed by atoms with E-state index < -0.39 is 10.0 Å². The van der Waals surface area contributed by atoms with Gasteiger partial charge in [0.15, 0.2) is 0 Å². The fraction of sp³-hybridized carbons (Fsp3) is 0.350. The number of amides is 1. The van der Waals surface area contributed by atoms with E-state index in [2.05, 4.69) is 5.32 Å². The van der Waals surface area contributed by atoms with Crippen LogP contribution in [0.1, 0.15) is 29.8 Å². The molecule has 1 N–H and O–H groups in total. The molecule has 1 heterocycles. The Hall–Kier alpha value is -1.93. The third-order valence-corrected chi connectivity index (χ3v) is 6.75. The van der Waals surface area contributed by atoms with Crippen LogP contribution in [0.3, 0.4) is 0 Å². The first kappa shape index (κ1) is 20.8. The van der Waals surface area contributed by atoms with Crippen molar-refractivity contribution in [2.75, 3.05) is 13.1 Å². The third kappa shape index (κ3) is 4.72. The Morgan fingerprint density at radius 1 is 1.11 bits per heavy atom. The van der Waals surface area contributed by atoms with Crippen LogP contribution in [-0.4, -0.2) is 43.9 Å². The molecule has 2 aromatic rings. The fourth-order valence-corrected chi connectivity index (χ4v) is 4.97. The maximum Gasteiger partial charge on any atom is 0.251 e. The molecule has 1 fully saturated rings. The van der Waals surface area contributed by atoms with Crippen LogP contribution in [0.5, 0.6) is 0 Å². The summed E-state index contributed by atoms with van der Waals surface area (Å²) in [4.78, 5) is 12.5. The number of rotatable bonds is 5. The zero-order chi connectivity index (χ0) is 20.3. The lowest BCUT2D eigenvalue weighted by Crippen LogP contribution is -2.48. The number of hydrogen-bond donors (Lipinski definition) is 1. The van der Waals surface area contributed by atoms with Crippen molar-refractivity contribution in [3.05, 3.63) is 64.7 Å². The van der Waals surface area contributed by atoms with E-state index >= 15 is 0 Å². The van der Waals surface area contributed by atoms with E-state index in [1.54, 1.807) is 6.07 Å². The predicted octanol–water partition coefficient (Wildman–Crippen LogP) is 3.07. The van der Waals surface area contributed by atoms with Gasteiger partial charge in [0.2, 0.25) is 10.0 Å². The van der Waals surface area contributed by atoms with Gasteiger partial charge in [-0.15, -0.1) is 0 Å². The fourth-order valence-electron chi connectivity index (χ4n) is 3.17. The number of halogens is 1. The van der Waals surface area contributed by atoms with Crippen molar-refractivity contribution < 1.29 is 17.9 Å². The molecule has 150 valence electrons. The SMILES string of the molecule is CC1CN(S(=O)(=O)c2ccc(C(=O)NCc3ccccc3Cl)cc2)CC(C)O1. The maximum atomic E-state index is 12.9. The third-order valence-electron chi connectivity index (χ3n) is 4.54. The zero-order valence-electron chi connectivity index (χ0n) is 15.8. The van der Waals surface area contributed by atoms with E-state index in [9.17, 15) is 13.2 Å². The normalized spacial score (nSPS) is 20.7. The summed E-state index contributed by atoms with van der Waals surface area (Å²) in [6.45, 7) is 4.62. The van der Waals surface area contributed by atoms with E-state index in [1.165, 1.54) is 28.6 Å². The quantitative estimate of drug-likeness (QED) is 0.803. The van der Waals surface area contributed by atoms with Crippen LogP contribution in [0, 0.1) is 0 Å². The summed E-state index contributed by atoms with van der Waals surface area (Å²) in [6, 6.07) is 13.2. The Balaban J connectivity index is 1.68. The van der Waals surface area contributed by atoms with E-state index in [-0.39, 0.29) is 23.0 Å². The number of carbonyl (C=O) groups excluding carboxylic acids is 1. The van der Waals surface area contributed by atoms with Gasteiger partial charge in [0.05, 0.1) is 17.1 Å². The Morgan fingerprint density at radius 3 is 2.32 bits per heavy atom. The van der Waals surface area contributed by atoms with Gasteiger partial charge >= 0.3 is 0 Å².